The zero-order chi connectivity index (χ0) is 15.2. The van der Waals surface area contributed by atoms with Gasteiger partial charge >= 0.3 is 0 Å². The fourth-order valence-electron chi connectivity index (χ4n) is 2.65. The molecule has 0 aromatic heterocycles. The van der Waals surface area contributed by atoms with Crippen molar-refractivity contribution in [3.63, 3.8) is 0 Å². The van der Waals surface area contributed by atoms with Gasteiger partial charge in [-0.25, -0.2) is 0 Å². The lowest BCUT2D eigenvalue weighted by atomic mass is 10.0. The zero-order valence-corrected chi connectivity index (χ0v) is 12.0. The molecule has 3 N–H and O–H groups in total. The van der Waals surface area contributed by atoms with E-state index in [1.165, 1.54) is 0 Å². The fourth-order valence-corrected chi connectivity index (χ4v) is 2.65. The summed E-state index contributed by atoms with van der Waals surface area (Å²) in [7, 11) is 0. The van der Waals surface area contributed by atoms with Gasteiger partial charge < -0.3 is 15.4 Å². The van der Waals surface area contributed by atoms with E-state index in [1.807, 2.05) is 12.1 Å². The van der Waals surface area contributed by atoms with E-state index < -0.39 is 0 Å². The van der Waals surface area contributed by atoms with Gasteiger partial charge in [0.15, 0.2) is 0 Å². The van der Waals surface area contributed by atoms with E-state index in [9.17, 15) is 9.59 Å². The van der Waals surface area contributed by atoms with Crippen molar-refractivity contribution in [3.05, 3.63) is 35.4 Å². The summed E-state index contributed by atoms with van der Waals surface area (Å²) in [6.07, 6.45) is 4.70. The Hall–Kier alpha value is -2.17. The number of amides is 1. The average Bonchev–Trinajstić information content (AvgIpc) is 2.52. The van der Waals surface area contributed by atoms with Gasteiger partial charge in [-0.3, -0.25) is 10.2 Å². The molecule has 1 aliphatic rings. The van der Waals surface area contributed by atoms with Crippen molar-refractivity contribution in [1.82, 2.24) is 4.90 Å². The molecule has 1 aliphatic heterocycles. The van der Waals surface area contributed by atoms with Gasteiger partial charge in [0.05, 0.1) is 6.04 Å². The maximum absolute atomic E-state index is 12.2. The minimum absolute atomic E-state index is 0.0415. The average molecular weight is 287 g/mol. The molecule has 1 saturated heterocycles. The molecular weight excluding hydrogens is 266 g/mol. The van der Waals surface area contributed by atoms with Gasteiger partial charge in [-0.2, -0.15) is 0 Å². The summed E-state index contributed by atoms with van der Waals surface area (Å²) < 4.78 is 0. The van der Waals surface area contributed by atoms with Crippen molar-refractivity contribution in [2.24, 2.45) is 5.73 Å². The van der Waals surface area contributed by atoms with Gasteiger partial charge in [-0.05, 0) is 31.2 Å². The maximum Gasteiger partial charge on any atom is 0.223 e. The molecule has 5 heteroatoms. The summed E-state index contributed by atoms with van der Waals surface area (Å²) in [5, 5.41) is 7.34. The van der Waals surface area contributed by atoms with Crippen LogP contribution < -0.4 is 5.73 Å². The molecule has 21 heavy (non-hydrogen) atoms. The number of hydrogen-bond donors (Lipinski definition) is 2. The SMILES string of the molecule is N=C(N)c1ccc(CCC(=O)N2CCCCC2C=O)cc1. The molecular formula is C16H21N3O2. The minimum Gasteiger partial charge on any atom is -0.384 e. The zero-order valence-electron chi connectivity index (χ0n) is 12.0. The van der Waals surface area contributed by atoms with Crippen LogP contribution in [-0.4, -0.2) is 35.5 Å². The number of aldehydes is 1. The van der Waals surface area contributed by atoms with Crippen molar-refractivity contribution in [1.29, 1.82) is 5.41 Å². The lowest BCUT2D eigenvalue weighted by Crippen LogP contribution is -2.44. The van der Waals surface area contributed by atoms with Crippen LogP contribution in [0.4, 0.5) is 0 Å². The smallest absolute Gasteiger partial charge is 0.223 e. The van der Waals surface area contributed by atoms with Crippen LogP contribution in [0, 0.1) is 5.41 Å². The molecule has 0 bridgehead atoms. The Kier molecular flexibility index (Phi) is 5.09. The molecule has 5 nitrogen and oxygen atoms in total. The third-order valence-electron chi connectivity index (χ3n) is 3.92. The molecule has 2 rings (SSSR count). The summed E-state index contributed by atoms with van der Waals surface area (Å²) in [5.74, 6) is 0.0854. The third kappa shape index (κ3) is 3.90. The number of amidine groups is 1. The fraction of sp³-hybridized carbons (Fsp3) is 0.438. The number of hydrogen-bond acceptors (Lipinski definition) is 3. The van der Waals surface area contributed by atoms with Crippen LogP contribution in [-0.2, 0) is 16.0 Å². The predicted octanol–water partition coefficient (Wildman–Crippen LogP) is 1.48. The molecule has 1 heterocycles. The van der Waals surface area contributed by atoms with Crippen LogP contribution >= 0.6 is 0 Å². The topological polar surface area (TPSA) is 87.2 Å². The lowest BCUT2D eigenvalue weighted by Gasteiger charge is -2.32. The number of nitrogens with zero attached hydrogens (tertiary/aromatic N) is 1. The number of rotatable bonds is 5. The Morgan fingerprint density at radius 1 is 1.33 bits per heavy atom. The number of likely N-dealkylation sites (tertiary alicyclic amines) is 1. The molecule has 1 aromatic carbocycles. The Balaban J connectivity index is 1.91. The normalized spacial score (nSPS) is 18.3. The van der Waals surface area contributed by atoms with E-state index in [1.54, 1.807) is 17.0 Å². The Labute approximate surface area is 124 Å². The Morgan fingerprint density at radius 2 is 2.05 bits per heavy atom. The van der Waals surface area contributed by atoms with E-state index in [2.05, 4.69) is 0 Å². The molecule has 0 radical (unpaired) electrons. The van der Waals surface area contributed by atoms with Crippen LogP contribution in [0.15, 0.2) is 24.3 Å². The highest BCUT2D eigenvalue weighted by atomic mass is 16.2. The number of nitrogens with two attached hydrogens (primary N) is 1. The first-order valence-corrected chi connectivity index (χ1v) is 7.30. The van der Waals surface area contributed by atoms with Gasteiger partial charge in [0.25, 0.3) is 0 Å². The number of carbonyl (C=O) groups is 2. The quantitative estimate of drug-likeness (QED) is 0.488. The highest BCUT2D eigenvalue weighted by molar-refractivity contribution is 5.94. The Bertz CT molecular complexity index is 525. The molecule has 0 spiro atoms. The van der Waals surface area contributed by atoms with Crippen LogP contribution in [0.1, 0.15) is 36.8 Å². The lowest BCUT2D eigenvalue weighted by molar-refractivity contribution is -0.137. The first kappa shape index (κ1) is 15.2. The van der Waals surface area contributed by atoms with Gasteiger partial charge in [0.1, 0.15) is 12.1 Å². The molecule has 1 atom stereocenters. The number of carbonyl (C=O) groups excluding carboxylic acids is 2. The van der Waals surface area contributed by atoms with Crippen LogP contribution in [0.2, 0.25) is 0 Å². The summed E-state index contributed by atoms with van der Waals surface area (Å²) >= 11 is 0. The van der Waals surface area contributed by atoms with E-state index in [0.717, 1.165) is 31.1 Å². The van der Waals surface area contributed by atoms with Crippen molar-refractivity contribution in [3.8, 4) is 0 Å². The second-order valence-corrected chi connectivity index (χ2v) is 5.40. The molecule has 0 aliphatic carbocycles. The standard InChI is InChI=1S/C16H21N3O2/c17-16(18)13-7-4-12(5-8-13)6-9-15(21)19-10-2-1-3-14(19)11-20/h4-5,7-8,11,14H,1-3,6,9-10H2,(H3,17,18). The van der Waals surface area contributed by atoms with Crippen molar-refractivity contribution in [2.75, 3.05) is 6.54 Å². The second kappa shape index (κ2) is 7.02. The van der Waals surface area contributed by atoms with E-state index >= 15 is 0 Å². The van der Waals surface area contributed by atoms with E-state index in [4.69, 9.17) is 11.1 Å². The van der Waals surface area contributed by atoms with Crippen molar-refractivity contribution < 1.29 is 9.59 Å². The monoisotopic (exact) mass is 287 g/mol. The molecule has 1 fully saturated rings. The molecule has 112 valence electrons. The molecule has 1 aromatic rings. The summed E-state index contributed by atoms with van der Waals surface area (Å²) in [4.78, 5) is 25.0. The van der Waals surface area contributed by atoms with Gasteiger partial charge in [0, 0.05) is 18.5 Å². The maximum atomic E-state index is 12.2. The van der Waals surface area contributed by atoms with Crippen LogP contribution in [0.25, 0.3) is 0 Å². The molecule has 1 amide bonds. The molecule has 1 unspecified atom stereocenters. The number of nitrogen functional groups attached to an aromatic ring is 1. The Morgan fingerprint density at radius 3 is 2.67 bits per heavy atom. The highest BCUT2D eigenvalue weighted by Gasteiger charge is 2.25. The number of benzene rings is 1. The van der Waals surface area contributed by atoms with Crippen molar-refractivity contribution in [2.45, 2.75) is 38.1 Å². The molecule has 0 saturated carbocycles. The van der Waals surface area contributed by atoms with Gasteiger partial charge in [-0.15, -0.1) is 0 Å². The highest BCUT2D eigenvalue weighted by Crippen LogP contribution is 2.17. The number of aryl methyl sites for hydroxylation is 1. The van der Waals surface area contributed by atoms with E-state index in [-0.39, 0.29) is 17.8 Å². The summed E-state index contributed by atoms with van der Waals surface area (Å²) in [6, 6.07) is 7.11. The van der Waals surface area contributed by atoms with E-state index in [0.29, 0.717) is 24.9 Å². The predicted molar refractivity (Wildman–Crippen MR) is 81.2 cm³/mol. The second-order valence-electron chi connectivity index (χ2n) is 5.40. The van der Waals surface area contributed by atoms with Crippen LogP contribution in [0.5, 0.6) is 0 Å². The van der Waals surface area contributed by atoms with Gasteiger partial charge in [-0.1, -0.05) is 24.3 Å². The first-order valence-electron chi connectivity index (χ1n) is 7.30. The number of nitrogens with one attached hydrogen (secondary N) is 1. The largest absolute Gasteiger partial charge is 0.384 e. The van der Waals surface area contributed by atoms with Crippen molar-refractivity contribution >= 4 is 18.0 Å². The number of piperidine rings is 1. The summed E-state index contributed by atoms with van der Waals surface area (Å²) in [6.45, 7) is 0.686. The summed E-state index contributed by atoms with van der Waals surface area (Å²) in [5.41, 5.74) is 7.12. The third-order valence-corrected chi connectivity index (χ3v) is 3.92. The van der Waals surface area contributed by atoms with Gasteiger partial charge in [0.2, 0.25) is 5.91 Å². The first-order chi connectivity index (χ1) is 10.1. The minimum atomic E-state index is -0.244. The van der Waals surface area contributed by atoms with Crippen LogP contribution in [0.3, 0.4) is 0 Å².